The molecule has 3 saturated carbocycles. The highest BCUT2D eigenvalue weighted by atomic mass is 19.4. The molecule has 12 heteroatoms. The maximum atomic E-state index is 13.0. The minimum absolute atomic E-state index is 0.00364. The van der Waals surface area contributed by atoms with Crippen LogP contribution in [0.4, 0.5) is 26.3 Å². The zero-order chi connectivity index (χ0) is 30.8. The van der Waals surface area contributed by atoms with Crippen molar-refractivity contribution in [2.75, 3.05) is 0 Å². The largest absolute Gasteiger partial charge is 0.462 e. The molecule has 0 spiro atoms. The molecule has 1 N–H and O–H groups in total. The first-order valence-corrected chi connectivity index (χ1v) is 13.9. The second kappa shape index (κ2) is 12.6. The molecule has 0 aromatic rings. The number of aliphatic hydroxyl groups is 1. The Kier molecular flexibility index (Phi) is 10.2. The van der Waals surface area contributed by atoms with Gasteiger partial charge in [-0.05, 0) is 55.9 Å². The molecule has 0 bridgehead atoms. The third-order valence-corrected chi connectivity index (χ3v) is 8.75. The van der Waals surface area contributed by atoms with E-state index in [4.69, 9.17) is 17.3 Å². The maximum Gasteiger partial charge on any atom is 0.429 e. The molecule has 0 amide bonds. The van der Waals surface area contributed by atoms with Crippen LogP contribution in [0, 0.1) is 17.8 Å². The summed E-state index contributed by atoms with van der Waals surface area (Å²) in [6.45, 7) is 4.41. The highest BCUT2D eigenvalue weighted by Gasteiger charge is 2.69. The van der Waals surface area contributed by atoms with Gasteiger partial charge in [-0.15, -0.1) is 0 Å². The molecule has 0 saturated heterocycles. The van der Waals surface area contributed by atoms with E-state index < -0.39 is 47.4 Å². The number of carbonyl (C=O) groups is 2. The van der Waals surface area contributed by atoms with Gasteiger partial charge in [0.25, 0.3) is 5.60 Å². The second-order valence-corrected chi connectivity index (χ2v) is 11.8. The van der Waals surface area contributed by atoms with Gasteiger partial charge in [-0.25, -0.2) is 0 Å². The van der Waals surface area contributed by atoms with Crippen LogP contribution in [0.15, 0.2) is 35.5 Å². The lowest BCUT2D eigenvalue weighted by molar-refractivity contribution is -0.347. The molecule has 3 aliphatic rings. The van der Waals surface area contributed by atoms with Crippen molar-refractivity contribution < 1.29 is 50.5 Å². The van der Waals surface area contributed by atoms with Gasteiger partial charge in [0.2, 0.25) is 0 Å². The highest BCUT2D eigenvalue weighted by molar-refractivity contribution is 6.16. The highest BCUT2D eigenvalue weighted by Crippen LogP contribution is 2.63. The molecule has 0 aromatic heterocycles. The van der Waals surface area contributed by atoms with Crippen LogP contribution in [-0.2, 0) is 19.1 Å². The number of esters is 2. The molecule has 3 rings (SSSR count). The second-order valence-electron chi connectivity index (χ2n) is 11.8. The summed E-state index contributed by atoms with van der Waals surface area (Å²) in [5, 5.41) is 8.74. The normalized spacial score (nSPS) is 31.2. The van der Waals surface area contributed by atoms with Crippen molar-refractivity contribution in [3.05, 3.63) is 35.5 Å². The molecule has 5 nitrogen and oxygen atoms in total. The minimum Gasteiger partial charge on any atom is -0.462 e. The van der Waals surface area contributed by atoms with Crippen LogP contribution in [0.3, 0.4) is 0 Å². The Bertz CT molecular complexity index is 1020. The lowest BCUT2D eigenvalue weighted by Crippen LogP contribution is -2.55. The number of fused-ring (bicyclic) bond motifs is 1. The van der Waals surface area contributed by atoms with E-state index in [1.54, 1.807) is 6.92 Å². The first-order chi connectivity index (χ1) is 18.9. The molecule has 41 heavy (non-hydrogen) atoms. The fourth-order valence-corrected chi connectivity index (χ4v) is 6.92. The fraction of sp³-hybridized carbons (Fsp3) is 0.724. The number of hydrogen-bond acceptors (Lipinski definition) is 5. The fourth-order valence-electron chi connectivity index (χ4n) is 6.92. The zero-order valence-corrected chi connectivity index (χ0v) is 23.5. The molecular formula is C29H37BF6O5. The van der Waals surface area contributed by atoms with Crippen LogP contribution in [0.25, 0.3) is 0 Å². The number of hydrogen-bond donors (Lipinski definition) is 1. The van der Waals surface area contributed by atoms with Crippen LogP contribution in [-0.4, -0.2) is 55.1 Å². The van der Waals surface area contributed by atoms with Crippen LogP contribution in [0.2, 0.25) is 5.31 Å². The quantitative estimate of drug-likeness (QED) is 0.152. The van der Waals surface area contributed by atoms with Gasteiger partial charge >= 0.3 is 24.3 Å². The molecule has 0 aliphatic heterocycles. The van der Waals surface area contributed by atoms with Crippen molar-refractivity contribution in [1.29, 1.82) is 0 Å². The SMILES string of the molecule is [B][C@]12CCC/C(=C\C=C3C[C@@H](OC(C)=O)C[C@H](OC(C)=O)C3)C1CCC2[C@H](C)C/C=C\C(O)(C(F)(F)F)C(F)(F)F. The summed E-state index contributed by atoms with van der Waals surface area (Å²) in [5.41, 5.74) is -2.82. The molecule has 2 unspecified atom stereocenters. The van der Waals surface area contributed by atoms with E-state index in [1.807, 2.05) is 12.2 Å². The van der Waals surface area contributed by atoms with Crippen molar-refractivity contribution >= 4 is 19.8 Å². The van der Waals surface area contributed by atoms with Gasteiger partial charge in [0, 0.05) is 33.1 Å². The van der Waals surface area contributed by atoms with Crippen LogP contribution < -0.4 is 0 Å². The summed E-state index contributed by atoms with van der Waals surface area (Å²) >= 11 is 0. The third-order valence-electron chi connectivity index (χ3n) is 8.75. The molecule has 2 radical (unpaired) electrons. The van der Waals surface area contributed by atoms with Gasteiger partial charge in [0.15, 0.2) is 0 Å². The number of rotatable bonds is 7. The van der Waals surface area contributed by atoms with E-state index in [1.165, 1.54) is 13.8 Å². The number of halogens is 6. The van der Waals surface area contributed by atoms with Crippen molar-refractivity contribution in [3.63, 3.8) is 0 Å². The Morgan fingerprint density at radius 1 is 1.02 bits per heavy atom. The van der Waals surface area contributed by atoms with Gasteiger partial charge in [-0.2, -0.15) is 26.3 Å². The number of allylic oxidation sites excluding steroid dienone is 4. The molecule has 3 fully saturated rings. The van der Waals surface area contributed by atoms with E-state index in [2.05, 4.69) is 0 Å². The van der Waals surface area contributed by atoms with Crippen molar-refractivity contribution in [2.45, 2.75) is 114 Å². The lowest BCUT2D eigenvalue weighted by Gasteiger charge is -2.45. The van der Waals surface area contributed by atoms with Gasteiger partial charge in [-0.1, -0.05) is 48.0 Å². The number of ether oxygens (including phenoxy) is 2. The Morgan fingerprint density at radius 3 is 2.10 bits per heavy atom. The van der Waals surface area contributed by atoms with E-state index in [0.717, 1.165) is 36.5 Å². The predicted molar refractivity (Wildman–Crippen MR) is 140 cm³/mol. The molecule has 3 aliphatic carbocycles. The minimum atomic E-state index is -5.90. The third kappa shape index (κ3) is 7.59. The first-order valence-electron chi connectivity index (χ1n) is 13.9. The Morgan fingerprint density at radius 2 is 1.59 bits per heavy atom. The predicted octanol–water partition coefficient (Wildman–Crippen LogP) is 6.86. The lowest BCUT2D eigenvalue weighted by atomic mass is 9.49. The topological polar surface area (TPSA) is 72.8 Å². The maximum absolute atomic E-state index is 13.0. The summed E-state index contributed by atoms with van der Waals surface area (Å²) in [6, 6.07) is 0. The van der Waals surface area contributed by atoms with Crippen molar-refractivity contribution in [2.24, 2.45) is 17.8 Å². The molecule has 0 aromatic carbocycles. The van der Waals surface area contributed by atoms with E-state index in [-0.39, 0.29) is 30.3 Å². The molecule has 0 heterocycles. The average molecular weight is 590 g/mol. The smallest absolute Gasteiger partial charge is 0.429 e. The van der Waals surface area contributed by atoms with E-state index >= 15 is 0 Å². The average Bonchev–Trinajstić information content (AvgIpc) is 3.17. The monoisotopic (exact) mass is 590 g/mol. The summed E-state index contributed by atoms with van der Waals surface area (Å²) in [6.07, 6.45) is -3.05. The van der Waals surface area contributed by atoms with Gasteiger partial charge in [-0.3, -0.25) is 9.59 Å². The van der Waals surface area contributed by atoms with Gasteiger partial charge < -0.3 is 14.6 Å². The summed E-state index contributed by atoms with van der Waals surface area (Å²) in [4.78, 5) is 23.0. The Hall–Kier alpha value is -2.24. The van der Waals surface area contributed by atoms with E-state index in [0.29, 0.717) is 32.1 Å². The van der Waals surface area contributed by atoms with E-state index in [9.17, 15) is 41.0 Å². The summed E-state index contributed by atoms with van der Waals surface area (Å²) in [7, 11) is 6.95. The summed E-state index contributed by atoms with van der Waals surface area (Å²) < 4.78 is 88.9. The standard InChI is InChI=1S/C29H37BF6O5/c1-17(6-4-13-27(39,28(31,32)33)29(34,35)36)24-10-11-25-21(7-5-12-26(24,25)30)9-8-20-14-22(40-18(2)37)16-23(15-20)41-19(3)38/h4,8-9,13,17,22-25,39H,5-7,10-12,14-16H2,1-3H3/b13-4-,21-9+/t17-,22-,23-,24?,25?,26+/m1/s1. The van der Waals surface area contributed by atoms with Crippen LogP contribution in [0.5, 0.6) is 0 Å². The number of carbonyl (C=O) groups excluding carboxylic acids is 2. The molecule has 6 atom stereocenters. The van der Waals surface area contributed by atoms with Crippen LogP contribution >= 0.6 is 0 Å². The van der Waals surface area contributed by atoms with Gasteiger partial charge in [0.1, 0.15) is 12.2 Å². The van der Waals surface area contributed by atoms with Gasteiger partial charge in [0.05, 0.1) is 7.85 Å². The van der Waals surface area contributed by atoms with Crippen molar-refractivity contribution in [1.82, 2.24) is 0 Å². The number of alkyl halides is 6. The first kappa shape index (κ1) is 33.3. The molecular weight excluding hydrogens is 553 g/mol. The Labute approximate surface area is 237 Å². The Balaban J connectivity index is 1.75. The van der Waals surface area contributed by atoms with Crippen LogP contribution in [0.1, 0.15) is 78.6 Å². The van der Waals surface area contributed by atoms with Crippen molar-refractivity contribution in [3.8, 4) is 0 Å². The summed E-state index contributed by atoms with van der Waals surface area (Å²) in [5.74, 6) is -1.27. The molecule has 228 valence electrons. The zero-order valence-electron chi connectivity index (χ0n) is 23.5.